The standard InChI is InChI=1S/C16H14BrNOS/c1-11(19)18-9-12-4-2-3-5-13(12)10-20-16-8-14(17)6-7-15(16)18/h2-8H,9-10H2,1H3. The zero-order chi connectivity index (χ0) is 14.1. The Bertz CT molecular complexity index is 671. The molecule has 0 radical (unpaired) electrons. The number of nitrogens with zero attached hydrogens (tertiary/aromatic N) is 1. The van der Waals surface area contributed by atoms with E-state index in [9.17, 15) is 4.79 Å². The number of carbonyl (C=O) groups excluding carboxylic acids is 1. The summed E-state index contributed by atoms with van der Waals surface area (Å²) in [5.74, 6) is 1.01. The molecule has 0 aliphatic carbocycles. The molecule has 2 aromatic rings. The molecule has 20 heavy (non-hydrogen) atoms. The van der Waals surface area contributed by atoms with Crippen molar-refractivity contribution in [2.45, 2.75) is 24.1 Å². The predicted molar refractivity (Wildman–Crippen MR) is 87.0 cm³/mol. The van der Waals surface area contributed by atoms with Gasteiger partial charge in [0.15, 0.2) is 0 Å². The normalized spacial score (nSPS) is 14.0. The van der Waals surface area contributed by atoms with Gasteiger partial charge in [-0.05, 0) is 29.3 Å². The van der Waals surface area contributed by atoms with Gasteiger partial charge in [-0.25, -0.2) is 0 Å². The lowest BCUT2D eigenvalue weighted by atomic mass is 10.1. The third kappa shape index (κ3) is 2.63. The Morgan fingerprint density at radius 1 is 1.20 bits per heavy atom. The van der Waals surface area contributed by atoms with Crippen LogP contribution in [0, 0.1) is 0 Å². The zero-order valence-corrected chi connectivity index (χ0v) is 13.5. The second-order valence-electron chi connectivity index (χ2n) is 4.77. The van der Waals surface area contributed by atoms with E-state index in [0.717, 1.165) is 20.8 Å². The Morgan fingerprint density at radius 3 is 2.70 bits per heavy atom. The van der Waals surface area contributed by atoms with Crippen molar-refractivity contribution in [3.8, 4) is 0 Å². The summed E-state index contributed by atoms with van der Waals surface area (Å²) >= 11 is 5.28. The Morgan fingerprint density at radius 2 is 1.95 bits per heavy atom. The number of thioether (sulfide) groups is 1. The maximum absolute atomic E-state index is 12.0. The van der Waals surface area contributed by atoms with Gasteiger partial charge in [0.1, 0.15) is 0 Å². The van der Waals surface area contributed by atoms with Crippen molar-refractivity contribution in [1.29, 1.82) is 0 Å². The lowest BCUT2D eigenvalue weighted by Gasteiger charge is -2.27. The summed E-state index contributed by atoms with van der Waals surface area (Å²) in [5, 5.41) is 0. The van der Waals surface area contributed by atoms with Crippen molar-refractivity contribution in [2.75, 3.05) is 4.90 Å². The molecule has 2 nitrogen and oxygen atoms in total. The smallest absolute Gasteiger partial charge is 0.224 e. The fourth-order valence-electron chi connectivity index (χ4n) is 2.37. The first kappa shape index (κ1) is 13.7. The highest BCUT2D eigenvalue weighted by atomic mass is 79.9. The van der Waals surface area contributed by atoms with E-state index in [2.05, 4.69) is 40.2 Å². The minimum absolute atomic E-state index is 0.0749. The zero-order valence-electron chi connectivity index (χ0n) is 11.1. The molecule has 3 rings (SSSR count). The van der Waals surface area contributed by atoms with E-state index in [1.54, 1.807) is 18.7 Å². The van der Waals surface area contributed by atoms with Gasteiger partial charge >= 0.3 is 0 Å². The number of hydrogen-bond acceptors (Lipinski definition) is 2. The lowest BCUT2D eigenvalue weighted by molar-refractivity contribution is -0.116. The van der Waals surface area contributed by atoms with E-state index >= 15 is 0 Å². The van der Waals surface area contributed by atoms with Crippen LogP contribution in [0.5, 0.6) is 0 Å². The van der Waals surface area contributed by atoms with Crippen molar-refractivity contribution in [3.63, 3.8) is 0 Å². The summed E-state index contributed by atoms with van der Waals surface area (Å²) in [4.78, 5) is 15.0. The van der Waals surface area contributed by atoms with Gasteiger partial charge in [-0.1, -0.05) is 40.2 Å². The van der Waals surface area contributed by atoms with E-state index in [0.29, 0.717) is 6.54 Å². The molecule has 0 unspecified atom stereocenters. The molecule has 1 amide bonds. The number of fused-ring (bicyclic) bond motifs is 2. The molecule has 0 bridgehead atoms. The number of halogens is 1. The van der Waals surface area contributed by atoms with E-state index in [1.807, 2.05) is 23.1 Å². The second-order valence-corrected chi connectivity index (χ2v) is 6.71. The molecule has 0 saturated heterocycles. The van der Waals surface area contributed by atoms with E-state index < -0.39 is 0 Å². The molecule has 0 saturated carbocycles. The molecule has 0 fully saturated rings. The van der Waals surface area contributed by atoms with Gasteiger partial charge in [-0.3, -0.25) is 4.79 Å². The highest BCUT2D eigenvalue weighted by Gasteiger charge is 2.20. The first-order valence-corrected chi connectivity index (χ1v) is 8.20. The highest BCUT2D eigenvalue weighted by molar-refractivity contribution is 9.10. The van der Waals surface area contributed by atoms with Crippen LogP contribution in [-0.2, 0) is 17.1 Å². The molecule has 1 aliphatic rings. The van der Waals surface area contributed by atoms with Crippen LogP contribution in [-0.4, -0.2) is 5.91 Å². The monoisotopic (exact) mass is 347 g/mol. The average Bonchev–Trinajstić information content (AvgIpc) is 2.41. The van der Waals surface area contributed by atoms with Gasteiger partial charge in [0.25, 0.3) is 0 Å². The number of benzene rings is 2. The molecule has 2 aromatic carbocycles. The van der Waals surface area contributed by atoms with Gasteiger partial charge < -0.3 is 4.90 Å². The quantitative estimate of drug-likeness (QED) is 0.693. The summed E-state index contributed by atoms with van der Waals surface area (Å²) in [6.07, 6.45) is 0. The molecule has 102 valence electrons. The number of rotatable bonds is 0. The third-order valence-corrected chi connectivity index (χ3v) is 5.01. The number of hydrogen-bond donors (Lipinski definition) is 0. The van der Waals surface area contributed by atoms with E-state index in [4.69, 9.17) is 0 Å². The van der Waals surface area contributed by atoms with E-state index in [-0.39, 0.29) is 5.91 Å². The number of carbonyl (C=O) groups is 1. The Balaban J connectivity index is 2.10. The van der Waals surface area contributed by atoms with Crippen molar-refractivity contribution >= 4 is 39.3 Å². The van der Waals surface area contributed by atoms with Gasteiger partial charge in [0, 0.05) is 22.0 Å². The van der Waals surface area contributed by atoms with Crippen LogP contribution < -0.4 is 4.90 Å². The predicted octanol–water partition coefficient (Wildman–Crippen LogP) is 4.61. The van der Waals surface area contributed by atoms with Crippen molar-refractivity contribution in [1.82, 2.24) is 0 Å². The highest BCUT2D eigenvalue weighted by Crippen LogP contribution is 2.38. The van der Waals surface area contributed by atoms with Crippen LogP contribution in [0.3, 0.4) is 0 Å². The minimum atomic E-state index is 0.0749. The molecule has 1 heterocycles. The average molecular weight is 348 g/mol. The summed E-state index contributed by atoms with van der Waals surface area (Å²) in [7, 11) is 0. The molecule has 0 spiro atoms. The second kappa shape index (κ2) is 5.62. The van der Waals surface area contributed by atoms with Crippen LogP contribution in [0.2, 0.25) is 0 Å². The van der Waals surface area contributed by atoms with Gasteiger partial charge in [-0.2, -0.15) is 0 Å². The van der Waals surface area contributed by atoms with Crippen LogP contribution >= 0.6 is 27.7 Å². The maximum Gasteiger partial charge on any atom is 0.224 e. The summed E-state index contributed by atoms with van der Waals surface area (Å²) < 4.78 is 1.04. The van der Waals surface area contributed by atoms with Gasteiger partial charge in [-0.15, -0.1) is 11.8 Å². The first-order valence-electron chi connectivity index (χ1n) is 6.42. The van der Waals surface area contributed by atoms with Crippen LogP contribution in [0.1, 0.15) is 18.1 Å². The number of amides is 1. The molecule has 0 aromatic heterocycles. The molecule has 4 heteroatoms. The fourth-order valence-corrected chi connectivity index (χ4v) is 4.01. The third-order valence-electron chi connectivity index (χ3n) is 3.42. The molecule has 1 aliphatic heterocycles. The van der Waals surface area contributed by atoms with Crippen molar-refractivity contribution in [3.05, 3.63) is 58.1 Å². The van der Waals surface area contributed by atoms with Gasteiger partial charge in [0.2, 0.25) is 5.91 Å². The van der Waals surface area contributed by atoms with Crippen LogP contribution in [0.4, 0.5) is 5.69 Å². The molecule has 0 N–H and O–H groups in total. The maximum atomic E-state index is 12.0. The van der Waals surface area contributed by atoms with Crippen LogP contribution in [0.25, 0.3) is 0 Å². The molecular weight excluding hydrogens is 334 g/mol. The Kier molecular flexibility index (Phi) is 3.85. The molecular formula is C16H14BrNOS. The topological polar surface area (TPSA) is 20.3 Å². The fraction of sp³-hybridized carbons (Fsp3) is 0.188. The summed E-state index contributed by atoms with van der Waals surface area (Å²) in [5.41, 5.74) is 3.53. The summed E-state index contributed by atoms with van der Waals surface area (Å²) in [6.45, 7) is 2.27. The van der Waals surface area contributed by atoms with Crippen molar-refractivity contribution < 1.29 is 4.79 Å². The summed E-state index contributed by atoms with van der Waals surface area (Å²) in [6, 6.07) is 14.4. The van der Waals surface area contributed by atoms with E-state index in [1.165, 1.54) is 11.1 Å². The van der Waals surface area contributed by atoms with Crippen molar-refractivity contribution in [2.24, 2.45) is 0 Å². The van der Waals surface area contributed by atoms with Gasteiger partial charge in [0.05, 0.1) is 12.2 Å². The lowest BCUT2D eigenvalue weighted by Crippen LogP contribution is -2.29. The molecule has 0 atom stereocenters. The SMILES string of the molecule is CC(=O)N1Cc2ccccc2CSc2cc(Br)ccc21. The minimum Gasteiger partial charge on any atom is -0.307 e. The largest absolute Gasteiger partial charge is 0.307 e. The Labute approximate surface area is 131 Å². The Hall–Kier alpha value is -1.26. The first-order chi connectivity index (χ1) is 9.65. The van der Waals surface area contributed by atoms with Crippen LogP contribution in [0.15, 0.2) is 51.8 Å². The number of anilines is 1.